The largest absolute Gasteiger partial charge is 0.379 e. The molecule has 0 unspecified atom stereocenters. The fourth-order valence-electron chi connectivity index (χ4n) is 4.52. The molecule has 2 aliphatic heterocycles. The van der Waals surface area contributed by atoms with Crippen molar-refractivity contribution in [2.45, 2.75) is 25.8 Å². The number of hydrazone groups is 1. The Morgan fingerprint density at radius 3 is 2.61 bits per heavy atom. The summed E-state index contributed by atoms with van der Waals surface area (Å²) in [6.07, 6.45) is 3.37. The number of benzene rings is 1. The number of morpholine rings is 1. The third-order valence-corrected chi connectivity index (χ3v) is 6.84. The van der Waals surface area contributed by atoms with Gasteiger partial charge < -0.3 is 19.5 Å². The number of rotatable bonds is 9. The van der Waals surface area contributed by atoms with Crippen LogP contribution in [0.4, 0.5) is 4.79 Å². The lowest BCUT2D eigenvalue weighted by molar-refractivity contribution is -0.133. The molecular weight excluding hydrogens is 480 g/mol. The molecule has 0 radical (unpaired) electrons. The van der Waals surface area contributed by atoms with E-state index < -0.39 is 0 Å². The van der Waals surface area contributed by atoms with E-state index in [0.29, 0.717) is 44.3 Å². The summed E-state index contributed by atoms with van der Waals surface area (Å²) in [7, 11) is 1.96. The normalized spacial score (nSPS) is 18.2. The molecule has 1 fully saturated rings. The average molecular weight is 515 g/mol. The van der Waals surface area contributed by atoms with Crippen LogP contribution in [0, 0.1) is 0 Å². The SMILES string of the molecule is CCCNC(=O)N(CCN1CCOCC1)CC(=O)N1N=C(c2cccn2C)C[C@@H]1c1ccc(Cl)cc1. The van der Waals surface area contributed by atoms with E-state index in [2.05, 4.69) is 10.2 Å². The molecule has 3 heterocycles. The lowest BCUT2D eigenvalue weighted by Gasteiger charge is -2.31. The van der Waals surface area contributed by atoms with Gasteiger partial charge in [0.2, 0.25) is 0 Å². The van der Waals surface area contributed by atoms with E-state index in [1.165, 1.54) is 0 Å². The molecule has 1 aromatic heterocycles. The van der Waals surface area contributed by atoms with Gasteiger partial charge in [-0.2, -0.15) is 5.10 Å². The summed E-state index contributed by atoms with van der Waals surface area (Å²) in [6.45, 7) is 6.69. The second-order valence-electron chi connectivity index (χ2n) is 9.17. The second kappa shape index (κ2) is 12.4. The highest BCUT2D eigenvalue weighted by Crippen LogP contribution is 2.33. The molecule has 36 heavy (non-hydrogen) atoms. The Morgan fingerprint density at radius 2 is 1.94 bits per heavy atom. The molecule has 2 aliphatic rings. The van der Waals surface area contributed by atoms with Gasteiger partial charge in [0.05, 0.1) is 30.7 Å². The van der Waals surface area contributed by atoms with Crippen molar-refractivity contribution in [1.29, 1.82) is 0 Å². The summed E-state index contributed by atoms with van der Waals surface area (Å²) >= 11 is 6.12. The highest BCUT2D eigenvalue weighted by molar-refractivity contribution is 6.30. The number of amides is 3. The Bertz CT molecular complexity index is 1060. The monoisotopic (exact) mass is 514 g/mol. The Labute approximate surface area is 217 Å². The lowest BCUT2D eigenvalue weighted by atomic mass is 10.0. The quantitative estimate of drug-likeness (QED) is 0.557. The van der Waals surface area contributed by atoms with Crippen LogP contribution in [-0.2, 0) is 16.6 Å². The summed E-state index contributed by atoms with van der Waals surface area (Å²) in [5.41, 5.74) is 2.76. The van der Waals surface area contributed by atoms with E-state index in [1.54, 1.807) is 9.91 Å². The van der Waals surface area contributed by atoms with Crippen molar-refractivity contribution in [2.75, 3.05) is 52.5 Å². The second-order valence-corrected chi connectivity index (χ2v) is 9.60. The molecular formula is C26H35ClN6O3. The molecule has 1 aromatic carbocycles. The van der Waals surface area contributed by atoms with E-state index in [4.69, 9.17) is 21.4 Å². The highest BCUT2D eigenvalue weighted by Gasteiger charge is 2.35. The standard InChI is InChI=1S/C26H35ClN6O3/c1-3-10-28-26(35)32(13-12-31-14-16-36-17-15-31)19-25(34)33-24(20-6-8-21(27)9-7-20)18-22(29-33)23-5-4-11-30(23)2/h4-9,11,24H,3,10,12-19H2,1-2H3,(H,28,35)/t24-/m1/s1. The summed E-state index contributed by atoms with van der Waals surface area (Å²) in [6, 6.07) is 11.0. The number of carbonyl (C=O) groups excluding carboxylic acids is 2. The van der Waals surface area contributed by atoms with Crippen molar-refractivity contribution in [2.24, 2.45) is 12.1 Å². The van der Waals surface area contributed by atoms with Crippen LogP contribution in [0.2, 0.25) is 5.02 Å². The molecule has 1 atom stereocenters. The summed E-state index contributed by atoms with van der Waals surface area (Å²) < 4.78 is 7.43. The maximum Gasteiger partial charge on any atom is 0.317 e. The summed E-state index contributed by atoms with van der Waals surface area (Å²) in [4.78, 5) is 30.5. The number of ether oxygens (including phenoxy) is 1. The minimum absolute atomic E-state index is 0.0477. The summed E-state index contributed by atoms with van der Waals surface area (Å²) in [5.74, 6) is -0.215. The molecule has 4 rings (SSSR count). The Balaban J connectivity index is 1.53. The molecule has 2 aromatic rings. The minimum Gasteiger partial charge on any atom is -0.379 e. The zero-order chi connectivity index (χ0) is 25.5. The molecule has 1 saturated heterocycles. The van der Waals surface area contributed by atoms with Crippen LogP contribution in [-0.4, -0.2) is 89.5 Å². The van der Waals surface area contributed by atoms with Crippen LogP contribution in [0.15, 0.2) is 47.7 Å². The van der Waals surface area contributed by atoms with Crippen LogP contribution in [0.5, 0.6) is 0 Å². The van der Waals surface area contributed by atoms with Gasteiger partial charge in [-0.25, -0.2) is 9.80 Å². The third kappa shape index (κ3) is 6.46. The molecule has 0 aliphatic carbocycles. The molecule has 194 valence electrons. The topological polar surface area (TPSA) is 82.4 Å². The maximum atomic E-state index is 13.7. The van der Waals surface area contributed by atoms with Gasteiger partial charge in [-0.1, -0.05) is 30.7 Å². The van der Waals surface area contributed by atoms with Crippen molar-refractivity contribution in [1.82, 2.24) is 24.7 Å². The van der Waals surface area contributed by atoms with Crippen LogP contribution in [0.25, 0.3) is 0 Å². The smallest absolute Gasteiger partial charge is 0.317 e. The minimum atomic E-state index is -0.264. The van der Waals surface area contributed by atoms with Crippen molar-refractivity contribution >= 4 is 29.3 Å². The Hall–Kier alpha value is -2.88. The number of nitrogens with zero attached hydrogens (tertiary/aromatic N) is 5. The number of carbonyl (C=O) groups is 2. The van der Waals surface area contributed by atoms with Gasteiger partial charge >= 0.3 is 6.03 Å². The highest BCUT2D eigenvalue weighted by atomic mass is 35.5. The van der Waals surface area contributed by atoms with E-state index in [-0.39, 0.29) is 24.5 Å². The third-order valence-electron chi connectivity index (χ3n) is 6.59. The first-order valence-electron chi connectivity index (χ1n) is 12.6. The van der Waals surface area contributed by atoms with Gasteiger partial charge in [-0.05, 0) is 36.2 Å². The van der Waals surface area contributed by atoms with Gasteiger partial charge in [0.25, 0.3) is 5.91 Å². The molecule has 3 amide bonds. The van der Waals surface area contributed by atoms with Crippen LogP contribution < -0.4 is 5.32 Å². The number of hydrogen-bond donors (Lipinski definition) is 1. The Morgan fingerprint density at radius 1 is 1.19 bits per heavy atom. The number of aryl methyl sites for hydroxylation is 1. The predicted molar refractivity (Wildman–Crippen MR) is 140 cm³/mol. The van der Waals surface area contributed by atoms with Gasteiger partial charge in [-0.3, -0.25) is 9.69 Å². The molecule has 0 bridgehead atoms. The van der Waals surface area contributed by atoms with E-state index in [0.717, 1.165) is 36.5 Å². The zero-order valence-electron chi connectivity index (χ0n) is 21.0. The molecule has 10 heteroatoms. The maximum absolute atomic E-state index is 13.7. The lowest BCUT2D eigenvalue weighted by Crippen LogP contribution is -2.49. The number of aromatic nitrogens is 1. The van der Waals surface area contributed by atoms with Crippen LogP contribution >= 0.6 is 11.6 Å². The first-order chi connectivity index (χ1) is 17.5. The first-order valence-corrected chi connectivity index (χ1v) is 12.9. The van der Waals surface area contributed by atoms with Crippen molar-refractivity contribution in [3.05, 3.63) is 58.9 Å². The van der Waals surface area contributed by atoms with E-state index in [9.17, 15) is 9.59 Å². The van der Waals surface area contributed by atoms with Gasteiger partial charge in [0.15, 0.2) is 0 Å². The van der Waals surface area contributed by atoms with E-state index in [1.807, 2.05) is 61.1 Å². The molecule has 0 spiro atoms. The predicted octanol–water partition coefficient (Wildman–Crippen LogP) is 3.11. The molecule has 0 saturated carbocycles. The van der Waals surface area contributed by atoms with Crippen LogP contribution in [0.3, 0.4) is 0 Å². The number of urea groups is 1. The van der Waals surface area contributed by atoms with Gasteiger partial charge in [-0.15, -0.1) is 0 Å². The summed E-state index contributed by atoms with van der Waals surface area (Å²) in [5, 5.41) is 9.86. The fourth-order valence-corrected chi connectivity index (χ4v) is 4.65. The van der Waals surface area contributed by atoms with Crippen molar-refractivity contribution < 1.29 is 14.3 Å². The number of halogens is 1. The fraction of sp³-hybridized carbons (Fsp3) is 0.500. The molecule has 9 nitrogen and oxygen atoms in total. The van der Waals surface area contributed by atoms with E-state index >= 15 is 0 Å². The van der Waals surface area contributed by atoms with Crippen LogP contribution in [0.1, 0.15) is 37.1 Å². The van der Waals surface area contributed by atoms with Crippen molar-refractivity contribution in [3.63, 3.8) is 0 Å². The number of nitrogens with one attached hydrogen (secondary N) is 1. The van der Waals surface area contributed by atoms with Gasteiger partial charge in [0, 0.05) is 57.4 Å². The first kappa shape index (κ1) is 26.2. The number of hydrogen-bond acceptors (Lipinski definition) is 5. The molecule has 1 N–H and O–H groups in total. The van der Waals surface area contributed by atoms with Crippen molar-refractivity contribution in [3.8, 4) is 0 Å². The average Bonchev–Trinajstić information content (AvgIpc) is 3.52. The van der Waals surface area contributed by atoms with Gasteiger partial charge in [0.1, 0.15) is 6.54 Å². The zero-order valence-corrected chi connectivity index (χ0v) is 21.8. The Kier molecular flexibility index (Phi) is 9.01.